The van der Waals surface area contributed by atoms with Crippen LogP contribution < -0.4 is 0 Å². The first-order chi connectivity index (χ1) is 7.19. The summed E-state index contributed by atoms with van der Waals surface area (Å²) in [4.78, 5) is 7.39. The Morgan fingerprint density at radius 1 is 1.67 bits per heavy atom. The molecule has 0 radical (unpaired) electrons. The lowest BCUT2D eigenvalue weighted by Crippen LogP contribution is -2.10. The van der Waals surface area contributed by atoms with Gasteiger partial charge in [0, 0.05) is 18.8 Å². The van der Waals surface area contributed by atoms with Crippen LogP contribution in [0.1, 0.15) is 11.7 Å². The molecule has 4 nitrogen and oxygen atoms in total. The van der Waals surface area contributed by atoms with Crippen molar-refractivity contribution in [1.29, 1.82) is 0 Å². The van der Waals surface area contributed by atoms with E-state index >= 15 is 0 Å². The van der Waals surface area contributed by atoms with Crippen LogP contribution in [0.4, 0.5) is 4.39 Å². The van der Waals surface area contributed by atoms with Crippen molar-refractivity contribution in [3.63, 3.8) is 0 Å². The number of hydrogen-bond donors (Lipinski definition) is 1. The van der Waals surface area contributed by atoms with Crippen LogP contribution in [-0.2, 0) is 0 Å². The van der Waals surface area contributed by atoms with E-state index in [1.165, 1.54) is 25.4 Å². The highest BCUT2D eigenvalue weighted by molar-refractivity contribution is 6.32. The van der Waals surface area contributed by atoms with E-state index in [0.29, 0.717) is 5.56 Å². The zero-order chi connectivity index (χ0) is 11.3. The quantitative estimate of drug-likeness (QED) is 0.374. The van der Waals surface area contributed by atoms with E-state index in [2.05, 4.69) is 15.1 Å². The van der Waals surface area contributed by atoms with Gasteiger partial charge in [-0.3, -0.25) is 4.99 Å². The highest BCUT2D eigenvalue weighted by Gasteiger charge is 2.15. The molecule has 1 heterocycles. The van der Waals surface area contributed by atoms with E-state index < -0.39 is 6.17 Å². The summed E-state index contributed by atoms with van der Waals surface area (Å²) in [5, 5.41) is 11.3. The summed E-state index contributed by atoms with van der Waals surface area (Å²) >= 11 is 5.56. The number of alkyl halides is 1. The van der Waals surface area contributed by atoms with Crippen molar-refractivity contribution in [2.24, 2.45) is 10.1 Å². The Morgan fingerprint density at radius 3 is 2.87 bits per heavy atom. The third-order valence-corrected chi connectivity index (χ3v) is 1.97. The fourth-order valence-electron chi connectivity index (χ4n) is 1.00. The summed E-state index contributed by atoms with van der Waals surface area (Å²) in [6.45, 7) is 0. The molecule has 15 heavy (non-hydrogen) atoms. The average Bonchev–Trinajstić information content (AvgIpc) is 2.26. The predicted octanol–water partition coefficient (Wildman–Crippen LogP) is 2.28. The molecule has 0 fully saturated rings. The highest BCUT2D eigenvalue weighted by atomic mass is 35.5. The van der Waals surface area contributed by atoms with Gasteiger partial charge in [0.2, 0.25) is 0 Å². The van der Waals surface area contributed by atoms with Crippen LogP contribution in [0.25, 0.3) is 0 Å². The van der Waals surface area contributed by atoms with Crippen LogP contribution in [0.3, 0.4) is 0 Å². The van der Waals surface area contributed by atoms with Crippen molar-refractivity contribution in [3.8, 4) is 0 Å². The largest absolute Gasteiger partial charge is 0.411 e. The number of aliphatic imine (C=N–C) groups is 1. The molecule has 0 spiro atoms. The van der Waals surface area contributed by atoms with E-state index in [1.54, 1.807) is 0 Å². The van der Waals surface area contributed by atoms with Gasteiger partial charge in [-0.25, -0.2) is 9.37 Å². The second-order valence-electron chi connectivity index (χ2n) is 2.67. The first-order valence-electron chi connectivity index (χ1n) is 4.08. The van der Waals surface area contributed by atoms with Crippen LogP contribution in [0, 0.1) is 0 Å². The smallest absolute Gasteiger partial charge is 0.170 e. The fraction of sp³-hybridized carbons (Fsp3) is 0.222. The zero-order valence-electron chi connectivity index (χ0n) is 7.93. The van der Waals surface area contributed by atoms with E-state index in [0.717, 1.165) is 6.21 Å². The zero-order valence-corrected chi connectivity index (χ0v) is 8.69. The molecular formula is C9H9ClFN3O. The van der Waals surface area contributed by atoms with Gasteiger partial charge in [-0.1, -0.05) is 22.8 Å². The van der Waals surface area contributed by atoms with E-state index in [4.69, 9.17) is 16.8 Å². The van der Waals surface area contributed by atoms with E-state index in [9.17, 15) is 4.39 Å². The number of pyridine rings is 1. The van der Waals surface area contributed by atoms with Crippen LogP contribution in [0.2, 0.25) is 5.15 Å². The monoisotopic (exact) mass is 229 g/mol. The summed E-state index contributed by atoms with van der Waals surface area (Å²) in [6.07, 6.45) is 0.776. The second kappa shape index (κ2) is 5.41. The summed E-state index contributed by atoms with van der Waals surface area (Å²) in [7, 11) is 1.41. The van der Waals surface area contributed by atoms with Crippen molar-refractivity contribution in [2.45, 2.75) is 6.17 Å². The van der Waals surface area contributed by atoms with Gasteiger partial charge in [0.05, 0.1) is 11.9 Å². The maximum absolute atomic E-state index is 13.7. The lowest BCUT2D eigenvalue weighted by molar-refractivity contribution is 0.322. The second-order valence-corrected chi connectivity index (χ2v) is 3.06. The molecule has 0 aliphatic carbocycles. The van der Waals surface area contributed by atoms with Gasteiger partial charge in [0.25, 0.3) is 0 Å². The topological polar surface area (TPSA) is 57.8 Å². The van der Waals surface area contributed by atoms with Crippen molar-refractivity contribution in [3.05, 3.63) is 29.0 Å². The van der Waals surface area contributed by atoms with Gasteiger partial charge in [0.15, 0.2) is 6.17 Å². The van der Waals surface area contributed by atoms with Crippen molar-refractivity contribution < 1.29 is 9.60 Å². The molecular weight excluding hydrogens is 221 g/mol. The molecule has 0 aliphatic rings. The van der Waals surface area contributed by atoms with Crippen LogP contribution >= 0.6 is 11.6 Å². The van der Waals surface area contributed by atoms with Crippen LogP contribution in [-0.4, -0.2) is 29.2 Å². The molecule has 1 N–H and O–H groups in total. The summed E-state index contributed by atoms with van der Waals surface area (Å²) in [5.74, 6) is 0. The Morgan fingerprint density at radius 2 is 2.40 bits per heavy atom. The molecule has 1 atom stereocenters. The maximum atomic E-state index is 13.7. The van der Waals surface area contributed by atoms with Crippen LogP contribution in [0.5, 0.6) is 0 Å². The van der Waals surface area contributed by atoms with Crippen molar-refractivity contribution in [2.75, 3.05) is 7.05 Å². The first-order valence-corrected chi connectivity index (χ1v) is 4.46. The third-order valence-electron chi connectivity index (χ3n) is 1.75. The van der Waals surface area contributed by atoms with Crippen molar-refractivity contribution in [1.82, 2.24) is 4.98 Å². The van der Waals surface area contributed by atoms with Crippen molar-refractivity contribution >= 4 is 23.5 Å². The minimum atomic E-state index is -1.48. The van der Waals surface area contributed by atoms with Gasteiger partial charge in [0.1, 0.15) is 5.15 Å². The predicted molar refractivity (Wildman–Crippen MR) is 56.7 cm³/mol. The van der Waals surface area contributed by atoms with Gasteiger partial charge in [-0.2, -0.15) is 0 Å². The fourth-order valence-corrected chi connectivity index (χ4v) is 1.12. The normalized spacial score (nSPS) is 14.5. The maximum Gasteiger partial charge on any atom is 0.170 e. The molecule has 1 unspecified atom stereocenters. The Bertz CT molecular complexity index is 377. The molecule has 0 aliphatic heterocycles. The number of rotatable bonds is 3. The van der Waals surface area contributed by atoms with E-state index in [-0.39, 0.29) is 10.9 Å². The third kappa shape index (κ3) is 2.99. The molecule has 80 valence electrons. The molecule has 1 rings (SSSR count). The summed E-state index contributed by atoms with van der Waals surface area (Å²) in [6, 6.07) is 2.98. The number of nitrogens with zero attached hydrogens (tertiary/aromatic N) is 3. The average molecular weight is 230 g/mol. The minimum absolute atomic E-state index is 0.0154. The summed E-state index contributed by atoms with van der Waals surface area (Å²) in [5.41, 5.74) is 0.321. The summed E-state index contributed by atoms with van der Waals surface area (Å²) < 4.78 is 13.7. The number of halogens is 2. The Balaban J connectivity index is 2.93. The molecule has 6 heteroatoms. The molecule has 0 aromatic carbocycles. The number of oxime groups is 1. The Hall–Kier alpha value is -1.49. The van der Waals surface area contributed by atoms with E-state index in [1.807, 2.05) is 0 Å². The van der Waals surface area contributed by atoms with Gasteiger partial charge in [-0.15, -0.1) is 0 Å². The SMILES string of the molecule is CN=C(C=NO)C(F)c1ccc(Cl)nc1. The van der Waals surface area contributed by atoms with Gasteiger partial charge in [-0.05, 0) is 6.07 Å². The first kappa shape index (κ1) is 11.6. The highest BCUT2D eigenvalue weighted by Crippen LogP contribution is 2.19. The Labute approximate surface area is 91.1 Å². The van der Waals surface area contributed by atoms with Gasteiger partial charge >= 0.3 is 0 Å². The lowest BCUT2D eigenvalue weighted by Gasteiger charge is -2.06. The molecule has 1 aromatic rings. The molecule has 0 bridgehead atoms. The molecule has 0 saturated heterocycles. The Kier molecular flexibility index (Phi) is 4.17. The molecule has 0 saturated carbocycles. The van der Waals surface area contributed by atoms with Gasteiger partial charge < -0.3 is 5.21 Å². The number of aromatic nitrogens is 1. The lowest BCUT2D eigenvalue weighted by atomic mass is 10.1. The van der Waals surface area contributed by atoms with Crippen LogP contribution in [0.15, 0.2) is 28.5 Å². The number of hydrogen-bond acceptors (Lipinski definition) is 4. The molecule has 1 aromatic heterocycles. The standard InChI is InChI=1S/C9H9ClFN3O/c1-12-7(5-14-15)9(11)6-2-3-8(10)13-4-6/h2-5,9,15H,1H3. The molecule has 0 amide bonds. The minimum Gasteiger partial charge on any atom is -0.411 e.